The van der Waals surface area contributed by atoms with Crippen molar-refractivity contribution < 1.29 is 4.42 Å². The van der Waals surface area contributed by atoms with Gasteiger partial charge in [-0.25, -0.2) is 4.98 Å². The van der Waals surface area contributed by atoms with E-state index in [-0.39, 0.29) is 10.8 Å². The van der Waals surface area contributed by atoms with E-state index in [1.165, 1.54) is 11.1 Å². The second kappa shape index (κ2) is 6.18. The Labute approximate surface area is 150 Å². The first-order chi connectivity index (χ1) is 11.6. The molecule has 0 atom stereocenters. The molecule has 3 rings (SSSR count). The van der Waals surface area contributed by atoms with Crippen LogP contribution in [0.3, 0.4) is 0 Å². The van der Waals surface area contributed by atoms with Crippen molar-refractivity contribution in [1.29, 1.82) is 0 Å². The van der Waals surface area contributed by atoms with Gasteiger partial charge in [-0.15, -0.1) is 0 Å². The standard InChI is InChI=1S/C23H27NO/c1-22(2,3)17-14-18(23(4,5)6)21-19(15-17)24-20(25-21)13-12-16-10-8-7-9-11-16/h7-15H,1-6H3/b13-12+. The van der Waals surface area contributed by atoms with Crippen molar-refractivity contribution in [2.75, 3.05) is 0 Å². The maximum absolute atomic E-state index is 6.12. The van der Waals surface area contributed by atoms with Crippen molar-refractivity contribution in [3.63, 3.8) is 0 Å². The van der Waals surface area contributed by atoms with Crippen molar-refractivity contribution in [1.82, 2.24) is 4.98 Å². The smallest absolute Gasteiger partial charge is 0.220 e. The molecule has 130 valence electrons. The molecule has 2 nitrogen and oxygen atoms in total. The molecule has 0 amide bonds. The van der Waals surface area contributed by atoms with Gasteiger partial charge in [0.05, 0.1) is 0 Å². The minimum Gasteiger partial charge on any atom is -0.436 e. The first kappa shape index (κ1) is 17.5. The topological polar surface area (TPSA) is 26.0 Å². The average Bonchev–Trinajstić information content (AvgIpc) is 2.94. The highest BCUT2D eigenvalue weighted by molar-refractivity contribution is 5.81. The van der Waals surface area contributed by atoms with Gasteiger partial charge in [0, 0.05) is 11.6 Å². The molecule has 0 aliphatic heterocycles. The Balaban J connectivity index is 2.11. The van der Waals surface area contributed by atoms with Crippen LogP contribution < -0.4 is 0 Å². The van der Waals surface area contributed by atoms with Crippen LogP contribution >= 0.6 is 0 Å². The summed E-state index contributed by atoms with van der Waals surface area (Å²) in [6.07, 6.45) is 3.98. The molecule has 0 radical (unpaired) electrons. The number of benzene rings is 2. The van der Waals surface area contributed by atoms with Gasteiger partial charge in [-0.05, 0) is 34.1 Å². The number of oxazole rings is 1. The van der Waals surface area contributed by atoms with Crippen LogP contribution in [-0.2, 0) is 10.8 Å². The minimum absolute atomic E-state index is 0.000538. The molecule has 0 spiro atoms. The fourth-order valence-corrected chi connectivity index (χ4v) is 2.84. The Bertz CT molecular complexity index is 903. The van der Waals surface area contributed by atoms with Crippen LogP contribution in [0.25, 0.3) is 23.3 Å². The predicted octanol–water partition coefficient (Wildman–Crippen LogP) is 6.59. The number of nitrogens with zero attached hydrogens (tertiary/aromatic N) is 1. The van der Waals surface area contributed by atoms with E-state index in [0.717, 1.165) is 16.7 Å². The number of fused-ring (bicyclic) bond motifs is 1. The van der Waals surface area contributed by atoms with Crippen LogP contribution in [0.4, 0.5) is 0 Å². The third-order valence-electron chi connectivity index (χ3n) is 4.40. The second-order valence-electron chi connectivity index (χ2n) is 8.67. The van der Waals surface area contributed by atoms with E-state index in [9.17, 15) is 0 Å². The van der Waals surface area contributed by atoms with Crippen LogP contribution in [0.1, 0.15) is 64.1 Å². The quantitative estimate of drug-likeness (QED) is 0.528. The fourth-order valence-electron chi connectivity index (χ4n) is 2.84. The molecule has 1 aromatic heterocycles. The van der Waals surface area contributed by atoms with Gasteiger partial charge in [-0.3, -0.25) is 0 Å². The van der Waals surface area contributed by atoms with Gasteiger partial charge in [0.15, 0.2) is 5.58 Å². The van der Waals surface area contributed by atoms with Crippen LogP contribution in [0, 0.1) is 0 Å². The normalized spacial score (nSPS) is 13.0. The lowest BCUT2D eigenvalue weighted by atomic mass is 9.80. The first-order valence-corrected chi connectivity index (χ1v) is 8.83. The summed E-state index contributed by atoms with van der Waals surface area (Å²) in [6, 6.07) is 14.6. The Morgan fingerprint density at radius 1 is 0.840 bits per heavy atom. The van der Waals surface area contributed by atoms with E-state index >= 15 is 0 Å². The van der Waals surface area contributed by atoms with E-state index in [1.54, 1.807) is 0 Å². The minimum atomic E-state index is -0.000538. The van der Waals surface area contributed by atoms with Crippen LogP contribution in [0.5, 0.6) is 0 Å². The average molecular weight is 333 g/mol. The number of rotatable bonds is 2. The molecule has 0 aliphatic rings. The van der Waals surface area contributed by atoms with Gasteiger partial charge in [-0.2, -0.15) is 0 Å². The highest BCUT2D eigenvalue weighted by atomic mass is 16.3. The zero-order valence-electron chi connectivity index (χ0n) is 16.1. The van der Waals surface area contributed by atoms with Crippen molar-refractivity contribution in [2.24, 2.45) is 0 Å². The highest BCUT2D eigenvalue weighted by Gasteiger charge is 2.24. The molecule has 0 saturated heterocycles. The van der Waals surface area contributed by atoms with E-state index in [2.05, 4.69) is 65.8 Å². The molecule has 25 heavy (non-hydrogen) atoms. The van der Waals surface area contributed by atoms with Gasteiger partial charge in [-0.1, -0.05) is 77.9 Å². The summed E-state index contributed by atoms with van der Waals surface area (Å²) < 4.78 is 6.12. The lowest BCUT2D eigenvalue weighted by Gasteiger charge is -2.24. The molecule has 0 unspecified atom stereocenters. The molecule has 0 N–H and O–H groups in total. The first-order valence-electron chi connectivity index (χ1n) is 8.83. The van der Waals surface area contributed by atoms with Gasteiger partial charge in [0.1, 0.15) is 5.52 Å². The summed E-state index contributed by atoms with van der Waals surface area (Å²) >= 11 is 0. The number of hydrogen-bond acceptors (Lipinski definition) is 2. The van der Waals surface area contributed by atoms with Crippen LogP contribution in [0.15, 0.2) is 46.9 Å². The molecular formula is C23H27NO. The van der Waals surface area contributed by atoms with Gasteiger partial charge >= 0.3 is 0 Å². The molecule has 1 heterocycles. The predicted molar refractivity (Wildman–Crippen MR) is 107 cm³/mol. The lowest BCUT2D eigenvalue weighted by molar-refractivity contribution is 0.543. The van der Waals surface area contributed by atoms with E-state index in [0.29, 0.717) is 5.89 Å². The fraction of sp³-hybridized carbons (Fsp3) is 0.348. The summed E-state index contributed by atoms with van der Waals surface area (Å²) in [6.45, 7) is 13.4. The largest absolute Gasteiger partial charge is 0.436 e. The maximum Gasteiger partial charge on any atom is 0.220 e. The highest BCUT2D eigenvalue weighted by Crippen LogP contribution is 2.35. The molecule has 2 heteroatoms. The molecule has 0 fully saturated rings. The molecular weight excluding hydrogens is 306 g/mol. The van der Waals surface area contributed by atoms with Crippen LogP contribution in [0.2, 0.25) is 0 Å². The van der Waals surface area contributed by atoms with Gasteiger partial charge in [0.2, 0.25) is 5.89 Å². The summed E-state index contributed by atoms with van der Waals surface area (Å²) in [7, 11) is 0. The summed E-state index contributed by atoms with van der Waals surface area (Å²) in [5, 5.41) is 0. The van der Waals surface area contributed by atoms with Gasteiger partial charge < -0.3 is 4.42 Å². The van der Waals surface area contributed by atoms with Crippen molar-refractivity contribution >= 4 is 23.3 Å². The summed E-state index contributed by atoms with van der Waals surface area (Å²) in [4.78, 5) is 4.72. The number of hydrogen-bond donors (Lipinski definition) is 0. The molecule has 0 aliphatic carbocycles. The summed E-state index contributed by atoms with van der Waals surface area (Å²) in [5.41, 5.74) is 5.54. The van der Waals surface area contributed by atoms with Crippen molar-refractivity contribution in [2.45, 2.75) is 52.4 Å². The Morgan fingerprint density at radius 3 is 2.12 bits per heavy atom. The zero-order valence-corrected chi connectivity index (χ0v) is 16.1. The zero-order chi connectivity index (χ0) is 18.2. The van der Waals surface area contributed by atoms with E-state index in [4.69, 9.17) is 9.40 Å². The molecule has 0 saturated carbocycles. The maximum atomic E-state index is 6.12. The third kappa shape index (κ3) is 3.84. The lowest BCUT2D eigenvalue weighted by Crippen LogP contribution is -2.16. The molecule has 0 bridgehead atoms. The molecule has 2 aromatic carbocycles. The monoisotopic (exact) mass is 333 g/mol. The van der Waals surface area contributed by atoms with E-state index in [1.807, 2.05) is 30.4 Å². The molecule has 3 aromatic rings. The summed E-state index contributed by atoms with van der Waals surface area (Å²) in [5.74, 6) is 0.649. The Hall–Kier alpha value is -2.35. The Morgan fingerprint density at radius 2 is 1.52 bits per heavy atom. The second-order valence-corrected chi connectivity index (χ2v) is 8.67. The number of aromatic nitrogens is 1. The van der Waals surface area contributed by atoms with Crippen molar-refractivity contribution in [3.05, 3.63) is 65.0 Å². The van der Waals surface area contributed by atoms with Crippen molar-refractivity contribution in [3.8, 4) is 0 Å². The SMILES string of the molecule is CC(C)(C)c1cc(C(C)(C)C)c2oc(/C=C/c3ccccc3)nc2c1. The van der Waals surface area contributed by atoms with Crippen LogP contribution in [-0.4, -0.2) is 4.98 Å². The van der Waals surface area contributed by atoms with E-state index < -0.39 is 0 Å². The third-order valence-corrected chi connectivity index (χ3v) is 4.40. The van der Waals surface area contributed by atoms with Gasteiger partial charge in [0.25, 0.3) is 0 Å². The Kier molecular flexibility index (Phi) is 4.32.